The van der Waals surface area contributed by atoms with E-state index in [-0.39, 0.29) is 0 Å². The quantitative estimate of drug-likeness (QED) is 0.160. The van der Waals surface area contributed by atoms with Crippen LogP contribution in [-0.2, 0) is 0 Å². The molecule has 0 saturated carbocycles. The van der Waals surface area contributed by atoms with Crippen molar-refractivity contribution in [3.8, 4) is 67.5 Å². The van der Waals surface area contributed by atoms with Gasteiger partial charge >= 0.3 is 0 Å². The summed E-state index contributed by atoms with van der Waals surface area (Å²) < 4.78 is 4.66. The van der Waals surface area contributed by atoms with Gasteiger partial charge in [-0.1, -0.05) is 267 Å². The number of nitrogens with zero attached hydrogens (tertiary/aromatic N) is 6. The van der Waals surface area contributed by atoms with Crippen LogP contribution in [0.25, 0.3) is 176 Å². The van der Waals surface area contributed by atoms with Crippen molar-refractivity contribution in [2.75, 3.05) is 0 Å². The molecule has 0 aliphatic rings. The Labute approximate surface area is 529 Å². The average molecular weight is 1170 g/mol. The largest absolute Gasteiger partial charge is 0.292 e. The lowest BCUT2D eigenvalue weighted by Crippen LogP contribution is -2.03. The number of para-hydroxylation sites is 4. The number of benzene rings is 15. The third-order valence-electron chi connectivity index (χ3n) is 18.3. The lowest BCUT2D eigenvalue weighted by Gasteiger charge is -2.15. The van der Waals surface area contributed by atoms with Gasteiger partial charge in [0, 0.05) is 32.7 Å². The zero-order chi connectivity index (χ0) is 60.6. The Balaban J connectivity index is 0.000000137. The smallest absolute Gasteiger partial charge is 0.165 e. The molecule has 0 bridgehead atoms. The Morgan fingerprint density at radius 3 is 0.804 bits per heavy atom. The maximum absolute atomic E-state index is 5.40. The molecule has 0 unspecified atom stereocenters. The van der Waals surface area contributed by atoms with Gasteiger partial charge in [-0.25, -0.2) is 19.9 Å². The molecule has 0 aliphatic heterocycles. The Morgan fingerprint density at radius 1 is 0.185 bits per heavy atom. The van der Waals surface area contributed by atoms with Crippen molar-refractivity contribution in [1.29, 1.82) is 0 Å². The lowest BCUT2D eigenvalue weighted by molar-refractivity contribution is 1.08. The Hall–Kier alpha value is -12.4. The van der Waals surface area contributed by atoms with Crippen LogP contribution in [0.2, 0.25) is 0 Å². The summed E-state index contributed by atoms with van der Waals surface area (Å²) in [4.78, 5) is 21.4. The molecule has 19 aromatic rings. The van der Waals surface area contributed by atoms with E-state index in [0.717, 1.165) is 95.0 Å². The van der Waals surface area contributed by atoms with Crippen molar-refractivity contribution in [3.63, 3.8) is 0 Å². The molecule has 0 radical (unpaired) electrons. The van der Waals surface area contributed by atoms with Gasteiger partial charge in [0.15, 0.2) is 11.6 Å². The van der Waals surface area contributed by atoms with Crippen LogP contribution in [-0.4, -0.2) is 29.1 Å². The first-order valence-corrected chi connectivity index (χ1v) is 31.3. The van der Waals surface area contributed by atoms with Crippen molar-refractivity contribution in [2.24, 2.45) is 0 Å². The summed E-state index contributed by atoms with van der Waals surface area (Å²) in [5, 5.41) is 14.8. The highest BCUT2D eigenvalue weighted by Crippen LogP contribution is 2.45. The number of fused-ring (bicyclic) bond motifs is 16. The van der Waals surface area contributed by atoms with Crippen molar-refractivity contribution < 1.29 is 0 Å². The van der Waals surface area contributed by atoms with Crippen molar-refractivity contribution >= 4 is 109 Å². The lowest BCUT2D eigenvalue weighted by atomic mass is 9.98. The standard InChI is InChI=1S/C46H29N3.C40H25N3/c1-2-11-30(12-3-1)31-21-23-32(24-22-31)35-15-10-16-36(29-35)45-46(48-40-20-9-8-19-39(40)47-45)49-41-27-25-33-13-4-6-17-37(33)43(41)44-38-18-7-5-14-34(38)26-28-42(44)49;1-2-11-26(12-3-1)29-15-10-16-30(25-29)39-40(42-34-20-9-8-19-33(34)41-39)43-35-23-21-27-13-4-6-17-31(27)37(35)38-32-18-7-5-14-28(32)22-24-36(38)43/h1-29H;1-25H. The Bertz CT molecular complexity index is 5940. The number of hydrogen-bond acceptors (Lipinski definition) is 4. The number of hydrogen-bond donors (Lipinski definition) is 0. The number of rotatable bonds is 7. The van der Waals surface area contributed by atoms with Crippen molar-refractivity contribution in [2.45, 2.75) is 0 Å². The highest BCUT2D eigenvalue weighted by molar-refractivity contribution is 6.30. The third kappa shape index (κ3) is 8.80. The van der Waals surface area contributed by atoms with E-state index in [0.29, 0.717) is 0 Å². The van der Waals surface area contributed by atoms with E-state index < -0.39 is 0 Å². The molecule has 4 aromatic heterocycles. The second kappa shape index (κ2) is 21.7. The molecule has 0 N–H and O–H groups in total. The predicted molar refractivity (Wildman–Crippen MR) is 385 cm³/mol. The minimum atomic E-state index is 0.820. The van der Waals surface area contributed by atoms with Gasteiger partial charge < -0.3 is 0 Å². The Kier molecular flexibility index (Phi) is 12.5. The molecule has 0 saturated heterocycles. The molecule has 15 aromatic carbocycles. The highest BCUT2D eigenvalue weighted by Gasteiger charge is 2.25. The van der Waals surface area contributed by atoms with Gasteiger partial charge in [-0.3, -0.25) is 9.13 Å². The summed E-state index contributed by atoms with van der Waals surface area (Å²) in [6.07, 6.45) is 0. The minimum absolute atomic E-state index is 0.820. The second-order valence-corrected chi connectivity index (χ2v) is 23.6. The van der Waals surface area contributed by atoms with Gasteiger partial charge in [-0.15, -0.1) is 0 Å². The summed E-state index contributed by atoms with van der Waals surface area (Å²) in [5.74, 6) is 1.65. The monoisotopic (exact) mass is 1170 g/mol. The van der Waals surface area contributed by atoms with Crippen LogP contribution >= 0.6 is 0 Å². The predicted octanol–water partition coefficient (Wildman–Crippen LogP) is 22.4. The molecular formula is C86H54N6. The van der Waals surface area contributed by atoms with E-state index in [9.17, 15) is 0 Å². The number of aromatic nitrogens is 6. The molecule has 428 valence electrons. The van der Waals surface area contributed by atoms with Crippen LogP contribution in [0.3, 0.4) is 0 Å². The van der Waals surface area contributed by atoms with Gasteiger partial charge in [0.25, 0.3) is 0 Å². The zero-order valence-electron chi connectivity index (χ0n) is 49.9. The van der Waals surface area contributed by atoms with E-state index in [4.69, 9.17) is 19.9 Å². The summed E-state index contributed by atoms with van der Waals surface area (Å²) >= 11 is 0. The minimum Gasteiger partial charge on any atom is -0.292 e. The normalized spacial score (nSPS) is 11.7. The molecule has 0 amide bonds. The van der Waals surface area contributed by atoms with Gasteiger partial charge in [0.1, 0.15) is 11.4 Å². The van der Waals surface area contributed by atoms with E-state index in [1.54, 1.807) is 0 Å². The average Bonchev–Trinajstić information content (AvgIpc) is 1.56. The van der Waals surface area contributed by atoms with Gasteiger partial charge in [0.2, 0.25) is 0 Å². The summed E-state index contributed by atoms with van der Waals surface area (Å²) in [6.45, 7) is 0. The van der Waals surface area contributed by atoms with Gasteiger partial charge in [-0.05, 0) is 137 Å². The van der Waals surface area contributed by atoms with Crippen LogP contribution < -0.4 is 0 Å². The van der Waals surface area contributed by atoms with Crippen LogP contribution in [0.1, 0.15) is 0 Å². The molecular weight excluding hydrogens is 1120 g/mol. The van der Waals surface area contributed by atoms with E-state index in [1.165, 1.54) is 81.3 Å². The first kappa shape index (κ1) is 52.7. The van der Waals surface area contributed by atoms with Gasteiger partial charge in [-0.2, -0.15) is 0 Å². The maximum Gasteiger partial charge on any atom is 0.165 e. The van der Waals surface area contributed by atoms with Crippen molar-refractivity contribution in [3.05, 3.63) is 328 Å². The molecule has 6 heteroatoms. The molecule has 6 nitrogen and oxygen atoms in total. The van der Waals surface area contributed by atoms with Crippen LogP contribution in [0, 0.1) is 0 Å². The van der Waals surface area contributed by atoms with E-state index >= 15 is 0 Å². The first-order valence-electron chi connectivity index (χ1n) is 31.3. The molecule has 92 heavy (non-hydrogen) atoms. The molecule has 0 aliphatic carbocycles. The van der Waals surface area contributed by atoms with E-state index in [1.807, 2.05) is 30.3 Å². The molecule has 0 spiro atoms. The summed E-state index contributed by atoms with van der Waals surface area (Å²) in [7, 11) is 0. The van der Waals surface area contributed by atoms with Crippen LogP contribution in [0.5, 0.6) is 0 Å². The molecule has 0 atom stereocenters. The Morgan fingerprint density at radius 2 is 0.446 bits per heavy atom. The topological polar surface area (TPSA) is 61.4 Å². The second-order valence-electron chi connectivity index (χ2n) is 23.6. The molecule has 0 fully saturated rings. The third-order valence-corrected chi connectivity index (χ3v) is 18.3. The summed E-state index contributed by atoms with van der Waals surface area (Å²) in [6, 6.07) is 116. The molecule has 4 heterocycles. The fourth-order valence-electron chi connectivity index (χ4n) is 14.0. The fraction of sp³-hybridized carbons (Fsp3) is 0. The SMILES string of the molecule is c1ccc(-c2ccc(-c3cccc(-c4nc5ccccc5nc4-n4c5ccc6ccccc6c5c5c6ccccc6ccc54)c3)cc2)cc1.c1ccc(-c2cccc(-c3nc4ccccc4nc3-n3c4ccc5ccccc5c4c4c5ccccc5ccc43)c2)cc1. The van der Waals surface area contributed by atoms with E-state index in [2.05, 4.69) is 306 Å². The maximum atomic E-state index is 5.40. The highest BCUT2D eigenvalue weighted by atomic mass is 15.1. The van der Waals surface area contributed by atoms with Crippen LogP contribution in [0.4, 0.5) is 0 Å². The van der Waals surface area contributed by atoms with Crippen LogP contribution in [0.15, 0.2) is 328 Å². The molecule has 19 rings (SSSR count). The fourth-order valence-corrected chi connectivity index (χ4v) is 14.0. The zero-order valence-corrected chi connectivity index (χ0v) is 49.9. The van der Waals surface area contributed by atoms with Crippen molar-refractivity contribution in [1.82, 2.24) is 29.1 Å². The first-order chi connectivity index (χ1) is 45.6. The van der Waals surface area contributed by atoms with Gasteiger partial charge in [0.05, 0.1) is 44.1 Å². The summed E-state index contributed by atoms with van der Waals surface area (Å²) in [5.41, 5.74) is 18.8.